The van der Waals surface area contributed by atoms with Crippen molar-refractivity contribution in [1.82, 2.24) is 9.55 Å². The summed E-state index contributed by atoms with van der Waals surface area (Å²) in [6.07, 6.45) is -4.90. The third-order valence-electron chi connectivity index (χ3n) is 2.67. The Balaban J connectivity index is 2.60. The number of imidazole rings is 1. The Bertz CT molecular complexity index is 624. The van der Waals surface area contributed by atoms with Crippen molar-refractivity contribution in [2.24, 2.45) is 18.9 Å². The van der Waals surface area contributed by atoms with Gasteiger partial charge in [-0.25, -0.2) is 4.98 Å². The van der Waals surface area contributed by atoms with Gasteiger partial charge in [-0.1, -0.05) is 6.92 Å². The highest BCUT2D eigenvalue weighted by atomic mass is 16.5. The van der Waals surface area contributed by atoms with Crippen LogP contribution in [0.25, 0.3) is 0 Å². The van der Waals surface area contributed by atoms with E-state index in [1.54, 1.807) is 6.92 Å². The number of carbonyl (C=O) groups is 1. The molecule has 0 unspecified atom stereocenters. The average Bonchev–Trinajstić information content (AvgIpc) is 2.79. The van der Waals surface area contributed by atoms with Crippen LogP contribution in [0.1, 0.15) is 33.0 Å². The van der Waals surface area contributed by atoms with Crippen molar-refractivity contribution in [2.45, 2.75) is 26.6 Å². The van der Waals surface area contributed by atoms with Gasteiger partial charge in [0.05, 0.1) is 13.9 Å². The molecule has 2 heterocycles. The minimum Gasteiger partial charge on any atom is -0.465 e. The number of ether oxygens (including phenoxy) is 1. The van der Waals surface area contributed by atoms with E-state index in [1.165, 1.54) is 11.6 Å². The van der Waals surface area contributed by atoms with Crippen molar-refractivity contribution < 1.29 is 17.8 Å². The molecule has 1 aliphatic rings. The fourth-order valence-electron chi connectivity index (χ4n) is 1.59. The largest absolute Gasteiger partial charge is 0.465 e. The molecule has 0 N–H and O–H groups in total. The summed E-state index contributed by atoms with van der Waals surface area (Å²) < 4.78 is 54.6. The lowest BCUT2D eigenvalue weighted by molar-refractivity contribution is -0.141. The number of aromatic nitrogens is 2. The van der Waals surface area contributed by atoms with Crippen molar-refractivity contribution >= 4 is 5.97 Å². The molecule has 1 fully saturated rings. The standard InChI is InChI=1S/C12H18N2O2/c1-4-11-9(7-16-12(11)15)5-10-6-13-8(2)14(10)3/h6,9,11H,4-5,7H2,1-3H3/t9-,11-/m0/s1/i4D2,5D2,6D,11D. The zero-order valence-electron chi connectivity index (χ0n) is 15.5. The maximum absolute atomic E-state index is 11.9. The van der Waals surface area contributed by atoms with Crippen LogP contribution >= 0.6 is 0 Å². The number of esters is 1. The molecule has 0 spiro atoms. The molecule has 1 aromatic heterocycles. The van der Waals surface area contributed by atoms with E-state index < -0.39 is 37.1 Å². The summed E-state index contributed by atoms with van der Waals surface area (Å²) >= 11 is 0. The second-order valence-corrected chi connectivity index (χ2v) is 3.64. The first-order valence-corrected chi connectivity index (χ1v) is 5.02. The van der Waals surface area contributed by atoms with Crippen LogP contribution in [-0.4, -0.2) is 22.1 Å². The molecule has 0 saturated carbocycles. The Morgan fingerprint density at radius 2 is 2.62 bits per heavy atom. The zero-order chi connectivity index (χ0) is 17.1. The molecule has 1 saturated heterocycles. The third kappa shape index (κ3) is 1.84. The molecule has 0 aromatic carbocycles. The van der Waals surface area contributed by atoms with E-state index in [1.807, 2.05) is 0 Å². The van der Waals surface area contributed by atoms with Gasteiger partial charge in [-0.2, -0.15) is 0 Å². The number of hydrogen-bond acceptors (Lipinski definition) is 3. The fourth-order valence-corrected chi connectivity index (χ4v) is 1.59. The van der Waals surface area contributed by atoms with E-state index >= 15 is 0 Å². The normalized spacial score (nSPS) is 36.7. The van der Waals surface area contributed by atoms with Gasteiger partial charge in [-0.15, -0.1) is 0 Å². The summed E-state index contributed by atoms with van der Waals surface area (Å²) in [7, 11) is 1.54. The van der Waals surface area contributed by atoms with Crippen LogP contribution in [0.2, 0.25) is 0 Å². The van der Waals surface area contributed by atoms with Gasteiger partial charge in [-0.3, -0.25) is 4.79 Å². The van der Waals surface area contributed by atoms with E-state index in [9.17, 15) is 4.79 Å². The summed E-state index contributed by atoms with van der Waals surface area (Å²) in [6, 6.07) is 0. The van der Waals surface area contributed by atoms with Crippen molar-refractivity contribution in [2.75, 3.05) is 6.61 Å². The Labute approximate surface area is 104 Å². The van der Waals surface area contributed by atoms with Gasteiger partial charge >= 0.3 is 5.97 Å². The molecule has 1 aliphatic heterocycles. The van der Waals surface area contributed by atoms with Crippen molar-refractivity contribution in [3.63, 3.8) is 0 Å². The maximum Gasteiger partial charge on any atom is 0.309 e. The number of carbonyl (C=O) groups excluding carboxylic acids is 1. The van der Waals surface area contributed by atoms with Crippen LogP contribution in [-0.2, 0) is 23.0 Å². The Morgan fingerprint density at radius 1 is 1.88 bits per heavy atom. The van der Waals surface area contributed by atoms with Crippen LogP contribution in [0, 0.1) is 18.7 Å². The summed E-state index contributed by atoms with van der Waals surface area (Å²) in [5, 5.41) is 0. The van der Waals surface area contributed by atoms with Gasteiger partial charge in [0.25, 0.3) is 0 Å². The molecule has 0 amide bonds. The number of aryl methyl sites for hydroxylation is 1. The monoisotopic (exact) mass is 228 g/mol. The molecular formula is C12H18N2O2. The number of rotatable bonds is 3. The van der Waals surface area contributed by atoms with Gasteiger partial charge < -0.3 is 9.30 Å². The van der Waals surface area contributed by atoms with E-state index in [2.05, 4.69) is 4.98 Å². The summed E-state index contributed by atoms with van der Waals surface area (Å²) in [5.41, 5.74) is -0.0887. The highest BCUT2D eigenvalue weighted by Crippen LogP contribution is 2.28. The van der Waals surface area contributed by atoms with Gasteiger partial charge in [0.1, 0.15) is 5.82 Å². The van der Waals surface area contributed by atoms with E-state index in [-0.39, 0.29) is 11.9 Å². The summed E-state index contributed by atoms with van der Waals surface area (Å²) in [5.74, 6) is -4.43. The van der Waals surface area contributed by atoms with E-state index in [4.69, 9.17) is 13.0 Å². The molecule has 0 radical (unpaired) electrons. The lowest BCUT2D eigenvalue weighted by atomic mass is 9.89. The van der Waals surface area contributed by atoms with Gasteiger partial charge in [0.2, 0.25) is 0 Å². The van der Waals surface area contributed by atoms with E-state index in [0.717, 1.165) is 6.92 Å². The predicted octanol–water partition coefficient (Wildman–Crippen LogP) is 1.47. The Kier molecular flexibility index (Phi) is 1.56. The second-order valence-electron chi connectivity index (χ2n) is 3.64. The quantitative estimate of drug-likeness (QED) is 0.736. The molecular weight excluding hydrogens is 204 g/mol. The van der Waals surface area contributed by atoms with Crippen molar-refractivity contribution in [3.05, 3.63) is 17.7 Å². The highest BCUT2D eigenvalue weighted by molar-refractivity contribution is 5.74. The van der Waals surface area contributed by atoms with Crippen LogP contribution in [0.4, 0.5) is 0 Å². The average molecular weight is 228 g/mol. The molecule has 88 valence electrons. The summed E-state index contributed by atoms with van der Waals surface area (Å²) in [6.45, 7) is 2.26. The molecule has 0 bridgehead atoms. The van der Waals surface area contributed by atoms with Crippen LogP contribution in [0.3, 0.4) is 0 Å². The predicted molar refractivity (Wildman–Crippen MR) is 59.9 cm³/mol. The van der Waals surface area contributed by atoms with Crippen LogP contribution in [0.15, 0.2) is 6.17 Å². The number of hydrogen-bond donors (Lipinski definition) is 0. The maximum atomic E-state index is 11.9. The smallest absolute Gasteiger partial charge is 0.309 e. The molecule has 0 aliphatic carbocycles. The van der Waals surface area contributed by atoms with Crippen molar-refractivity contribution in [1.29, 1.82) is 0 Å². The van der Waals surface area contributed by atoms with Crippen molar-refractivity contribution in [3.8, 4) is 0 Å². The lowest BCUT2D eigenvalue weighted by Gasteiger charge is -2.13. The van der Waals surface area contributed by atoms with Gasteiger partial charge in [0, 0.05) is 31.7 Å². The number of cyclic esters (lactones) is 1. The number of nitrogens with zero attached hydrogens (tertiary/aromatic N) is 2. The highest BCUT2D eigenvalue weighted by Gasteiger charge is 2.35. The van der Waals surface area contributed by atoms with Crippen LogP contribution in [0.5, 0.6) is 0 Å². The lowest BCUT2D eigenvalue weighted by Crippen LogP contribution is -2.18. The molecule has 16 heavy (non-hydrogen) atoms. The first kappa shape index (κ1) is 5.84. The van der Waals surface area contributed by atoms with Crippen LogP contribution < -0.4 is 0 Å². The first-order chi connectivity index (χ1) is 9.85. The van der Waals surface area contributed by atoms with Gasteiger partial charge in [0.15, 0.2) is 0 Å². The molecule has 2 rings (SSSR count). The minimum atomic E-state index is -2.39. The second kappa shape index (κ2) is 4.28. The molecule has 4 nitrogen and oxygen atoms in total. The van der Waals surface area contributed by atoms with E-state index in [0.29, 0.717) is 5.82 Å². The molecule has 4 heteroatoms. The van der Waals surface area contributed by atoms with Gasteiger partial charge in [-0.05, 0) is 19.7 Å². The third-order valence-corrected chi connectivity index (χ3v) is 2.67. The summed E-state index contributed by atoms with van der Waals surface area (Å²) in [4.78, 5) is 15.8. The zero-order valence-corrected chi connectivity index (χ0v) is 9.50. The Hall–Kier alpha value is -1.32. The topological polar surface area (TPSA) is 44.1 Å². The molecule has 2 atom stereocenters. The molecule has 1 aromatic rings. The SMILES string of the molecule is [2H]c1nc(C)n(C)c1C([2H])([2H])[C@H]1COC(=O)[C@@]1([2H])C([2H])([2H])C. The first-order valence-electron chi connectivity index (χ1n) is 8.02. The minimum absolute atomic E-state index is 0.0887. The Morgan fingerprint density at radius 3 is 3.19 bits per heavy atom. The fraction of sp³-hybridized carbons (Fsp3) is 0.667.